The number of hydrogen-bond donors (Lipinski definition) is 4. The van der Waals surface area contributed by atoms with Gasteiger partial charge in [-0.1, -0.05) is 38.1 Å². The monoisotopic (exact) mass is 1270 g/mol. The SMILES string of the molecule is COc1c(C[C@H](CC(=O)CC2CCC(N(CCCC(=O)OC(C)(C)C)C(=O)OC(C)(C)C)CC2)B2O[C@@H]3C[C@@H]4C[C@@H](C4(C)C)[C@]3(C)O2)cccc1C(=O)OC(C)(C)C.Cl.Cl.NCCNC1CCC(CC(=O)C[C@H]2Cc3cccc(C(=O)O)c3OB2O)CC1. The summed E-state index contributed by atoms with van der Waals surface area (Å²) in [5, 5.41) is 23.0. The number of carboxylic acids is 1. The van der Waals surface area contributed by atoms with Crippen LogP contribution in [0.25, 0.3) is 0 Å². The van der Waals surface area contributed by atoms with E-state index in [4.69, 9.17) is 38.6 Å². The lowest BCUT2D eigenvalue weighted by Gasteiger charge is -2.64. The average Bonchev–Trinajstić information content (AvgIpc) is 1.36. The minimum atomic E-state index is -1.16. The van der Waals surface area contributed by atoms with E-state index in [1.807, 2.05) is 74.4 Å². The second-order valence-electron chi connectivity index (χ2n) is 29.3. The summed E-state index contributed by atoms with van der Waals surface area (Å²) in [6, 6.07) is 10.9. The molecule has 2 aromatic carbocycles. The number of nitrogens with zero attached hydrogens (tertiary/aromatic N) is 1. The van der Waals surface area contributed by atoms with E-state index in [1.165, 1.54) is 6.07 Å². The molecule has 2 heterocycles. The van der Waals surface area contributed by atoms with Crippen LogP contribution in [0.3, 0.4) is 0 Å². The van der Waals surface area contributed by atoms with Gasteiger partial charge in [-0.3, -0.25) is 14.4 Å². The maximum atomic E-state index is 14.2. The van der Waals surface area contributed by atoms with Crippen molar-refractivity contribution < 1.29 is 71.8 Å². The highest BCUT2D eigenvalue weighted by Crippen LogP contribution is 2.66. The highest BCUT2D eigenvalue weighted by Gasteiger charge is 2.68. The molecule has 18 nitrogen and oxygen atoms in total. The zero-order valence-corrected chi connectivity index (χ0v) is 56.3. The van der Waals surface area contributed by atoms with Crippen LogP contribution in [0.15, 0.2) is 36.4 Å². The number of aromatic carboxylic acids is 1. The van der Waals surface area contributed by atoms with Crippen molar-refractivity contribution >= 4 is 74.6 Å². The van der Waals surface area contributed by atoms with E-state index < -0.39 is 48.6 Å². The molecule has 5 N–H and O–H groups in total. The number of benzene rings is 2. The molecule has 0 spiro atoms. The zero-order valence-electron chi connectivity index (χ0n) is 54.7. The summed E-state index contributed by atoms with van der Waals surface area (Å²) in [5.74, 6) is 0.0167. The molecule has 9 rings (SSSR count). The first-order chi connectivity index (χ1) is 40.3. The highest BCUT2D eigenvalue weighted by atomic mass is 35.5. The van der Waals surface area contributed by atoms with Gasteiger partial charge in [-0.2, -0.15) is 0 Å². The van der Waals surface area contributed by atoms with Crippen LogP contribution in [0.2, 0.25) is 11.6 Å². The number of fused-ring (bicyclic) bond motifs is 1. The number of nitrogens with one attached hydrogen (secondary N) is 1. The van der Waals surface area contributed by atoms with E-state index in [-0.39, 0.29) is 114 Å². The number of halogens is 2. The standard InChI is InChI=1S/C46H72BNO10.C20H29BN2O5.2ClH/c1-42(2,3)54-38(50)18-15-23-48(41(52)56-44(7,8)9)33-21-19-29(20-22-33)24-34(49)28-32(47-57-37-27-31-26-36(45(31,10)11)46(37,12)58-47)25-30-16-14-17-35(39(30)53-13)40(51)55-43(4,5)6;22-8-9-23-16-6-4-13(5-7-16)10-17(24)12-15-11-14-2-1-3-18(20(25)26)19(14)28-21(15)27;;/h14,16-17,29,31-33,36-37H,15,18-28H2,1-13H3;1-3,13,15-16,23,27H,4-12,22H2,(H,25,26);2*1H/t29?,31-,32+,33?,36-,37+,46-;13?,15-,16?;;/m01../s1. The molecule has 6 atom stereocenters. The molecular formula is C66H103B2Cl2N3O15. The summed E-state index contributed by atoms with van der Waals surface area (Å²) in [7, 11) is -0.183. The van der Waals surface area contributed by atoms with Gasteiger partial charge >= 0.3 is 38.2 Å². The van der Waals surface area contributed by atoms with Gasteiger partial charge in [-0.15, -0.1) is 24.8 Å². The fourth-order valence-electron chi connectivity index (χ4n) is 14.4. The van der Waals surface area contributed by atoms with E-state index in [2.05, 4.69) is 26.1 Å². The lowest BCUT2D eigenvalue weighted by molar-refractivity contribution is -0.199. The smallest absolute Gasteiger partial charge is 0.526 e. The van der Waals surface area contributed by atoms with Gasteiger partial charge in [0, 0.05) is 75.5 Å². The average molecular weight is 1270 g/mol. The number of ketones is 2. The predicted octanol–water partition coefficient (Wildman–Crippen LogP) is 12.0. The van der Waals surface area contributed by atoms with Crippen molar-refractivity contribution in [1.82, 2.24) is 10.2 Å². The van der Waals surface area contributed by atoms with Gasteiger partial charge in [-0.25, -0.2) is 14.4 Å². The molecule has 7 aliphatic rings. The zero-order chi connectivity index (χ0) is 63.1. The molecule has 0 aromatic heterocycles. The van der Waals surface area contributed by atoms with Gasteiger partial charge in [0.15, 0.2) is 0 Å². The second kappa shape index (κ2) is 31.3. The number of rotatable bonds is 22. The summed E-state index contributed by atoms with van der Waals surface area (Å²) < 4.78 is 42.1. The Morgan fingerprint density at radius 1 is 0.784 bits per heavy atom. The van der Waals surface area contributed by atoms with Crippen LogP contribution in [0, 0.1) is 29.1 Å². The van der Waals surface area contributed by atoms with Crippen LogP contribution in [0.4, 0.5) is 4.79 Å². The van der Waals surface area contributed by atoms with Crippen molar-refractivity contribution in [3.8, 4) is 11.5 Å². The lowest BCUT2D eigenvalue weighted by atomic mass is 9.43. The number of nitrogens with two attached hydrogens (primary N) is 1. The lowest BCUT2D eigenvalue weighted by Crippen LogP contribution is -2.65. The van der Waals surface area contributed by atoms with E-state index in [1.54, 1.807) is 30.2 Å². The fourth-order valence-corrected chi connectivity index (χ4v) is 14.4. The Morgan fingerprint density at radius 3 is 1.98 bits per heavy atom. The van der Waals surface area contributed by atoms with Crippen molar-refractivity contribution in [2.45, 2.75) is 251 Å². The third-order valence-corrected chi connectivity index (χ3v) is 18.7. The number of carboxylic acid groups (broad SMARTS) is 1. The molecule has 88 heavy (non-hydrogen) atoms. The van der Waals surface area contributed by atoms with Crippen molar-refractivity contribution in [1.29, 1.82) is 0 Å². The molecule has 6 fully saturated rings. The number of esters is 2. The molecule has 5 saturated carbocycles. The van der Waals surface area contributed by atoms with Gasteiger partial charge in [-0.05, 0) is 205 Å². The quantitative estimate of drug-likeness (QED) is 0.0486. The summed E-state index contributed by atoms with van der Waals surface area (Å²) in [6.07, 6.45) is 12.0. The van der Waals surface area contributed by atoms with E-state index in [0.717, 1.165) is 81.9 Å². The minimum absolute atomic E-state index is 0. The van der Waals surface area contributed by atoms with Crippen molar-refractivity contribution in [3.63, 3.8) is 0 Å². The Balaban J connectivity index is 0.000000394. The maximum Gasteiger partial charge on any atom is 0.526 e. The van der Waals surface area contributed by atoms with Gasteiger partial charge in [0.05, 0.1) is 24.4 Å². The molecule has 2 aliphatic heterocycles. The third-order valence-electron chi connectivity index (χ3n) is 18.7. The molecular weight excluding hydrogens is 1170 g/mol. The number of hydrogen-bond acceptors (Lipinski definition) is 16. The molecule has 1 saturated heterocycles. The topological polar surface area (TPSA) is 249 Å². The summed E-state index contributed by atoms with van der Waals surface area (Å²) in [6.45, 7) is 25.3. The first kappa shape index (κ1) is 74.3. The number of para-hydroxylation sites is 2. The largest absolute Gasteiger partial charge is 0.535 e. The van der Waals surface area contributed by atoms with Gasteiger partial charge in [0.1, 0.15) is 45.4 Å². The number of carbonyl (C=O) groups excluding carboxylic acids is 5. The number of Topliss-reactive ketones (excluding diaryl/α,β-unsaturated/α-hetero) is 2. The van der Waals surface area contributed by atoms with Crippen molar-refractivity contribution in [2.24, 2.45) is 34.8 Å². The molecule has 5 aliphatic carbocycles. The molecule has 0 unspecified atom stereocenters. The van der Waals surface area contributed by atoms with Crippen LogP contribution in [0.1, 0.15) is 218 Å². The Labute approximate surface area is 536 Å². The molecule has 2 aromatic rings. The fraction of sp³-hybridized carbons (Fsp3) is 0.727. The van der Waals surface area contributed by atoms with Crippen molar-refractivity contribution in [3.05, 3.63) is 58.7 Å². The second-order valence-corrected chi connectivity index (χ2v) is 29.3. The highest BCUT2D eigenvalue weighted by molar-refractivity contribution is 6.48. The number of amides is 1. The van der Waals surface area contributed by atoms with E-state index in [0.29, 0.717) is 80.3 Å². The first-order valence-corrected chi connectivity index (χ1v) is 31.9. The summed E-state index contributed by atoms with van der Waals surface area (Å²) in [5.41, 5.74) is 5.30. The number of methoxy groups -OCH3 is 1. The minimum Gasteiger partial charge on any atom is -0.535 e. The summed E-state index contributed by atoms with van der Waals surface area (Å²) in [4.78, 5) is 79.0. The molecule has 22 heteroatoms. The van der Waals surface area contributed by atoms with Crippen LogP contribution >= 0.6 is 24.8 Å². The predicted molar refractivity (Wildman–Crippen MR) is 345 cm³/mol. The van der Waals surface area contributed by atoms with Crippen molar-refractivity contribution in [2.75, 3.05) is 26.7 Å². The van der Waals surface area contributed by atoms with E-state index in [9.17, 15) is 38.9 Å². The maximum absolute atomic E-state index is 14.2. The number of carbonyl (C=O) groups is 6. The molecule has 1 amide bonds. The Morgan fingerprint density at radius 2 is 1.39 bits per heavy atom. The normalized spacial score (nSPS) is 25.6. The Bertz CT molecular complexity index is 2700. The third kappa shape index (κ3) is 19.8. The molecule has 492 valence electrons. The van der Waals surface area contributed by atoms with Crippen LogP contribution in [-0.4, -0.2) is 132 Å². The van der Waals surface area contributed by atoms with E-state index >= 15 is 0 Å². The van der Waals surface area contributed by atoms with Gasteiger partial charge in [0.25, 0.3) is 0 Å². The van der Waals surface area contributed by atoms with Crippen LogP contribution in [-0.2, 0) is 50.7 Å². The summed E-state index contributed by atoms with van der Waals surface area (Å²) >= 11 is 0. The van der Waals surface area contributed by atoms with Crippen LogP contribution < -0.4 is 20.4 Å². The van der Waals surface area contributed by atoms with Gasteiger partial charge < -0.3 is 59.0 Å². The first-order valence-electron chi connectivity index (χ1n) is 31.9. The van der Waals surface area contributed by atoms with Crippen LogP contribution in [0.5, 0.6) is 11.5 Å². The Kier molecular flexibility index (Phi) is 26.4. The van der Waals surface area contributed by atoms with Gasteiger partial charge in [0.2, 0.25) is 0 Å². The molecule has 0 radical (unpaired) electrons. The Hall–Kier alpha value is -4.43. The molecule has 2 bridgehead atoms. The number of ether oxygens (including phenoxy) is 4.